The molecule has 1 aliphatic heterocycles. The second-order valence-electron chi connectivity index (χ2n) is 4.68. The number of nitrogens with one attached hydrogen (secondary N) is 2. The summed E-state index contributed by atoms with van der Waals surface area (Å²) >= 11 is 1.73. The minimum absolute atomic E-state index is 0.0654. The van der Waals surface area contributed by atoms with Gasteiger partial charge in [-0.25, -0.2) is 4.39 Å². The van der Waals surface area contributed by atoms with Crippen LogP contribution in [0.25, 0.3) is 0 Å². The van der Waals surface area contributed by atoms with Gasteiger partial charge in [0, 0.05) is 30.4 Å². The molecule has 0 radical (unpaired) electrons. The Kier molecular flexibility index (Phi) is 5.13. The first-order chi connectivity index (χ1) is 8.74. The Labute approximate surface area is 111 Å². The normalized spacial score (nSPS) is 23.2. The van der Waals surface area contributed by atoms with Crippen LogP contribution in [-0.4, -0.2) is 31.2 Å². The van der Waals surface area contributed by atoms with Gasteiger partial charge in [-0.05, 0) is 30.7 Å². The highest BCUT2D eigenvalue weighted by molar-refractivity contribution is 7.09. The molecule has 1 amide bonds. The molecule has 5 heteroatoms. The number of thiophene rings is 1. The van der Waals surface area contributed by atoms with E-state index in [0.717, 1.165) is 12.8 Å². The van der Waals surface area contributed by atoms with Gasteiger partial charge in [0.05, 0.1) is 0 Å². The average molecular weight is 270 g/mol. The van der Waals surface area contributed by atoms with E-state index in [-0.39, 0.29) is 11.9 Å². The van der Waals surface area contributed by atoms with Gasteiger partial charge < -0.3 is 10.6 Å². The number of carbonyl (C=O) groups excluding carboxylic acids is 1. The van der Waals surface area contributed by atoms with Crippen LogP contribution in [0.1, 0.15) is 24.1 Å². The Morgan fingerprint density at radius 1 is 1.61 bits per heavy atom. The first-order valence-corrected chi connectivity index (χ1v) is 7.28. The first-order valence-electron chi connectivity index (χ1n) is 6.40. The molecule has 1 aliphatic rings. The molecule has 0 spiro atoms. The van der Waals surface area contributed by atoms with Crippen LogP contribution in [0.3, 0.4) is 0 Å². The number of carbonyl (C=O) groups is 1. The van der Waals surface area contributed by atoms with E-state index in [1.54, 1.807) is 11.3 Å². The third-order valence-corrected chi connectivity index (χ3v) is 4.06. The molecule has 2 heterocycles. The monoisotopic (exact) mass is 270 g/mol. The van der Waals surface area contributed by atoms with Crippen LogP contribution < -0.4 is 10.6 Å². The highest BCUT2D eigenvalue weighted by atomic mass is 32.1. The lowest BCUT2D eigenvalue weighted by molar-refractivity contribution is -0.121. The number of alkyl halides is 1. The van der Waals surface area contributed by atoms with E-state index in [1.807, 2.05) is 6.07 Å². The molecular weight excluding hydrogens is 251 g/mol. The number of hydrogen-bond donors (Lipinski definition) is 2. The predicted molar refractivity (Wildman–Crippen MR) is 71.6 cm³/mol. The lowest BCUT2D eigenvalue weighted by Gasteiger charge is -2.11. The van der Waals surface area contributed by atoms with Crippen molar-refractivity contribution < 1.29 is 9.18 Å². The van der Waals surface area contributed by atoms with Gasteiger partial charge in [-0.3, -0.25) is 4.79 Å². The van der Waals surface area contributed by atoms with Crippen LogP contribution in [0.15, 0.2) is 17.5 Å². The van der Waals surface area contributed by atoms with E-state index in [2.05, 4.69) is 22.1 Å². The summed E-state index contributed by atoms with van der Waals surface area (Å²) in [4.78, 5) is 12.9. The van der Waals surface area contributed by atoms with Crippen LogP contribution in [0, 0.1) is 0 Å². The lowest BCUT2D eigenvalue weighted by Crippen LogP contribution is -2.37. The maximum Gasteiger partial charge on any atom is 0.220 e. The van der Waals surface area contributed by atoms with E-state index in [1.165, 1.54) is 4.88 Å². The van der Waals surface area contributed by atoms with Crippen molar-refractivity contribution in [3.05, 3.63) is 22.4 Å². The predicted octanol–water partition coefficient (Wildman–Crippen LogP) is 1.89. The summed E-state index contributed by atoms with van der Waals surface area (Å²) in [7, 11) is 0. The lowest BCUT2D eigenvalue weighted by atomic mass is 10.2. The summed E-state index contributed by atoms with van der Waals surface area (Å²) < 4.78 is 12.9. The fourth-order valence-electron chi connectivity index (χ4n) is 2.13. The van der Waals surface area contributed by atoms with Gasteiger partial charge >= 0.3 is 0 Å². The van der Waals surface area contributed by atoms with Gasteiger partial charge in [0.15, 0.2) is 0 Å². The molecule has 3 nitrogen and oxygen atoms in total. The van der Waals surface area contributed by atoms with Gasteiger partial charge in [-0.2, -0.15) is 0 Å². The van der Waals surface area contributed by atoms with Crippen molar-refractivity contribution in [3.8, 4) is 0 Å². The maximum absolute atomic E-state index is 12.9. The molecule has 0 saturated carbocycles. The summed E-state index contributed by atoms with van der Waals surface area (Å²) in [5, 5.41) is 7.96. The zero-order chi connectivity index (χ0) is 12.8. The molecule has 1 fully saturated rings. The van der Waals surface area contributed by atoms with Gasteiger partial charge in [0.2, 0.25) is 5.91 Å². The van der Waals surface area contributed by atoms with Crippen molar-refractivity contribution in [1.29, 1.82) is 0 Å². The van der Waals surface area contributed by atoms with E-state index in [4.69, 9.17) is 0 Å². The van der Waals surface area contributed by atoms with Crippen LogP contribution in [0.2, 0.25) is 0 Å². The van der Waals surface area contributed by atoms with Gasteiger partial charge in [-0.1, -0.05) is 6.07 Å². The number of hydrogen-bond acceptors (Lipinski definition) is 3. The summed E-state index contributed by atoms with van der Waals surface area (Å²) in [5.41, 5.74) is 0. The maximum atomic E-state index is 12.9. The third-order valence-electron chi connectivity index (χ3n) is 3.12. The summed E-state index contributed by atoms with van der Waals surface area (Å²) in [5.74, 6) is 0.0654. The quantitative estimate of drug-likeness (QED) is 0.829. The molecule has 100 valence electrons. The zero-order valence-corrected chi connectivity index (χ0v) is 11.1. The van der Waals surface area contributed by atoms with Crippen LogP contribution in [0.4, 0.5) is 4.39 Å². The zero-order valence-electron chi connectivity index (χ0n) is 10.3. The Morgan fingerprint density at radius 2 is 2.50 bits per heavy atom. The minimum Gasteiger partial charge on any atom is -0.355 e. The molecule has 1 saturated heterocycles. The van der Waals surface area contributed by atoms with Gasteiger partial charge in [0.1, 0.15) is 6.17 Å². The second-order valence-corrected chi connectivity index (χ2v) is 5.71. The Hall–Kier alpha value is -0.940. The topological polar surface area (TPSA) is 41.1 Å². The summed E-state index contributed by atoms with van der Waals surface area (Å²) in [6.07, 6.45) is 2.12. The number of halogens is 1. The van der Waals surface area contributed by atoms with Gasteiger partial charge in [-0.15, -0.1) is 11.3 Å². The molecule has 1 aromatic rings. The van der Waals surface area contributed by atoms with Crippen LogP contribution >= 0.6 is 11.3 Å². The third kappa shape index (κ3) is 4.38. The number of rotatable bonds is 6. The molecule has 1 aromatic heterocycles. The summed E-state index contributed by atoms with van der Waals surface area (Å²) in [6, 6.07) is 4.22. The van der Waals surface area contributed by atoms with Crippen molar-refractivity contribution in [1.82, 2.24) is 10.6 Å². The SMILES string of the molecule is O=C(CCCc1cccs1)NC[C@@H]1C[C@H](F)CN1. The molecule has 2 rings (SSSR count). The van der Waals surface area contributed by atoms with E-state index in [0.29, 0.717) is 25.9 Å². The number of amides is 1. The van der Waals surface area contributed by atoms with E-state index < -0.39 is 6.17 Å². The second kappa shape index (κ2) is 6.85. The molecule has 2 atom stereocenters. The molecule has 0 aliphatic carbocycles. The Morgan fingerprint density at radius 3 is 3.17 bits per heavy atom. The Balaban J connectivity index is 1.55. The first kappa shape index (κ1) is 13.5. The van der Waals surface area contributed by atoms with E-state index in [9.17, 15) is 9.18 Å². The van der Waals surface area contributed by atoms with Crippen molar-refractivity contribution in [2.45, 2.75) is 37.9 Å². The number of aryl methyl sites for hydroxylation is 1. The molecule has 0 bridgehead atoms. The van der Waals surface area contributed by atoms with Crippen molar-refractivity contribution in [2.24, 2.45) is 0 Å². The average Bonchev–Trinajstić information content (AvgIpc) is 2.98. The van der Waals surface area contributed by atoms with Gasteiger partial charge in [0.25, 0.3) is 0 Å². The highest BCUT2D eigenvalue weighted by Crippen LogP contribution is 2.12. The standard InChI is InChI=1S/C13H19FN2OS/c14-10-7-11(15-8-10)9-16-13(17)5-1-3-12-4-2-6-18-12/h2,4,6,10-11,15H,1,3,5,7-9H2,(H,16,17)/t10-,11-/m0/s1. The smallest absolute Gasteiger partial charge is 0.220 e. The molecule has 0 unspecified atom stereocenters. The van der Waals surface area contributed by atoms with Crippen LogP contribution in [-0.2, 0) is 11.2 Å². The van der Waals surface area contributed by atoms with Crippen molar-refractivity contribution >= 4 is 17.2 Å². The molecular formula is C13H19FN2OS. The largest absolute Gasteiger partial charge is 0.355 e. The van der Waals surface area contributed by atoms with E-state index >= 15 is 0 Å². The van der Waals surface area contributed by atoms with Crippen LogP contribution in [0.5, 0.6) is 0 Å². The van der Waals surface area contributed by atoms with Crippen molar-refractivity contribution in [2.75, 3.05) is 13.1 Å². The molecule has 18 heavy (non-hydrogen) atoms. The highest BCUT2D eigenvalue weighted by Gasteiger charge is 2.23. The molecule has 0 aromatic carbocycles. The fraction of sp³-hybridized carbons (Fsp3) is 0.615. The van der Waals surface area contributed by atoms with Crippen molar-refractivity contribution in [3.63, 3.8) is 0 Å². The summed E-state index contributed by atoms with van der Waals surface area (Å²) in [6.45, 7) is 0.956. The minimum atomic E-state index is -0.759. The fourth-order valence-corrected chi connectivity index (χ4v) is 2.88. The Bertz CT molecular complexity index is 369. The molecule has 2 N–H and O–H groups in total.